The minimum absolute atomic E-state index is 0.0366. The first kappa shape index (κ1) is 15.1. The van der Waals surface area contributed by atoms with Crippen molar-refractivity contribution in [2.24, 2.45) is 0 Å². The molecule has 5 nitrogen and oxygen atoms in total. The lowest BCUT2D eigenvalue weighted by atomic mass is 10.2. The molecule has 6 heteroatoms. The molecule has 1 aromatic carbocycles. The van der Waals surface area contributed by atoms with Crippen molar-refractivity contribution in [2.45, 2.75) is 25.4 Å². The number of carbonyl (C=O) groups is 1. The highest BCUT2D eigenvalue weighted by Gasteiger charge is 2.20. The van der Waals surface area contributed by atoms with Crippen LogP contribution in [-0.2, 0) is 11.3 Å². The molecule has 0 unspecified atom stereocenters. The Morgan fingerprint density at radius 2 is 2.20 bits per heavy atom. The van der Waals surface area contributed by atoms with Gasteiger partial charge in [0.15, 0.2) is 18.1 Å². The summed E-state index contributed by atoms with van der Waals surface area (Å²) in [5, 5.41) is 5.96. The molecule has 1 aromatic rings. The van der Waals surface area contributed by atoms with Crippen molar-refractivity contribution in [3.8, 4) is 11.5 Å². The Kier molecular flexibility index (Phi) is 5.25. The number of methoxy groups -OCH3 is 1. The predicted molar refractivity (Wildman–Crippen MR) is 80.1 cm³/mol. The molecule has 0 radical (unpaired) electrons. The number of amides is 1. The van der Waals surface area contributed by atoms with Crippen LogP contribution in [0.3, 0.4) is 0 Å². The molecule has 1 aliphatic carbocycles. The van der Waals surface area contributed by atoms with Crippen molar-refractivity contribution in [3.63, 3.8) is 0 Å². The molecule has 1 saturated carbocycles. The number of ether oxygens (including phenoxy) is 2. The Hall–Kier alpha value is -1.27. The van der Waals surface area contributed by atoms with E-state index in [1.54, 1.807) is 14.2 Å². The Bertz CT molecular complexity index is 490. The number of rotatable bonds is 7. The van der Waals surface area contributed by atoms with Gasteiger partial charge in [-0.15, -0.1) is 0 Å². The van der Waals surface area contributed by atoms with E-state index in [-0.39, 0.29) is 12.5 Å². The molecule has 2 N–H and O–H groups in total. The maximum Gasteiger partial charge on any atom is 0.257 e. The minimum Gasteiger partial charge on any atom is -0.493 e. The van der Waals surface area contributed by atoms with Gasteiger partial charge in [-0.05, 0) is 46.5 Å². The van der Waals surface area contributed by atoms with Gasteiger partial charge in [0.05, 0.1) is 11.6 Å². The first-order valence-electron chi connectivity index (χ1n) is 6.57. The molecule has 1 amide bonds. The van der Waals surface area contributed by atoms with E-state index >= 15 is 0 Å². The lowest BCUT2D eigenvalue weighted by molar-refractivity contribution is -0.122. The molecule has 0 aromatic heterocycles. The Morgan fingerprint density at radius 3 is 2.80 bits per heavy atom. The van der Waals surface area contributed by atoms with Crippen molar-refractivity contribution < 1.29 is 14.3 Å². The fraction of sp³-hybridized carbons (Fsp3) is 0.500. The van der Waals surface area contributed by atoms with Gasteiger partial charge >= 0.3 is 0 Å². The number of benzene rings is 1. The van der Waals surface area contributed by atoms with E-state index in [0.717, 1.165) is 16.6 Å². The number of likely N-dealkylation sites (N-methyl/N-ethyl adjacent to an activating group) is 1. The summed E-state index contributed by atoms with van der Waals surface area (Å²) in [4.78, 5) is 11.2. The van der Waals surface area contributed by atoms with Gasteiger partial charge in [0.1, 0.15) is 0 Å². The fourth-order valence-electron chi connectivity index (χ4n) is 1.77. The first-order valence-corrected chi connectivity index (χ1v) is 7.36. The van der Waals surface area contributed by atoms with Crippen LogP contribution in [0, 0.1) is 0 Å². The molecule has 1 aliphatic rings. The van der Waals surface area contributed by atoms with E-state index in [4.69, 9.17) is 9.47 Å². The summed E-state index contributed by atoms with van der Waals surface area (Å²) in [6, 6.07) is 4.57. The third-order valence-corrected chi connectivity index (χ3v) is 3.68. The fourth-order valence-corrected chi connectivity index (χ4v) is 2.38. The topological polar surface area (TPSA) is 59.6 Å². The van der Waals surface area contributed by atoms with Crippen molar-refractivity contribution >= 4 is 21.8 Å². The zero-order valence-electron chi connectivity index (χ0n) is 11.7. The summed E-state index contributed by atoms with van der Waals surface area (Å²) in [6.45, 7) is 0.764. The molecule has 110 valence electrons. The molecule has 2 rings (SSSR count). The molecule has 0 saturated heterocycles. The van der Waals surface area contributed by atoms with E-state index in [1.165, 1.54) is 12.8 Å². The monoisotopic (exact) mass is 342 g/mol. The average molecular weight is 343 g/mol. The molecule has 0 spiro atoms. The maximum atomic E-state index is 11.2. The van der Waals surface area contributed by atoms with E-state index in [9.17, 15) is 4.79 Å². The zero-order valence-corrected chi connectivity index (χ0v) is 13.2. The molecular formula is C14H19BrN2O3. The van der Waals surface area contributed by atoms with Gasteiger partial charge in [0, 0.05) is 19.6 Å². The third-order valence-electron chi connectivity index (χ3n) is 3.09. The molecular weight excluding hydrogens is 324 g/mol. The zero-order chi connectivity index (χ0) is 14.5. The highest BCUT2D eigenvalue weighted by atomic mass is 79.9. The number of halogens is 1. The summed E-state index contributed by atoms with van der Waals surface area (Å²) in [5.41, 5.74) is 1.12. The van der Waals surface area contributed by atoms with Crippen LogP contribution in [0.2, 0.25) is 0 Å². The van der Waals surface area contributed by atoms with E-state index in [2.05, 4.69) is 26.6 Å². The minimum atomic E-state index is -0.182. The van der Waals surface area contributed by atoms with E-state index < -0.39 is 0 Å². The van der Waals surface area contributed by atoms with Gasteiger partial charge in [-0.3, -0.25) is 4.79 Å². The van der Waals surface area contributed by atoms with Crippen LogP contribution in [0.5, 0.6) is 11.5 Å². The first-order chi connectivity index (χ1) is 9.63. The van der Waals surface area contributed by atoms with Gasteiger partial charge in [-0.1, -0.05) is 0 Å². The molecule has 0 bridgehead atoms. The predicted octanol–water partition coefficient (Wildman–Crippen LogP) is 1.83. The van der Waals surface area contributed by atoms with Crippen molar-refractivity contribution in [1.82, 2.24) is 10.6 Å². The van der Waals surface area contributed by atoms with Crippen LogP contribution in [0.1, 0.15) is 18.4 Å². The quantitative estimate of drug-likeness (QED) is 0.793. The summed E-state index contributed by atoms with van der Waals surface area (Å²) in [5.74, 6) is 0.987. The van der Waals surface area contributed by atoms with Crippen molar-refractivity contribution in [3.05, 3.63) is 22.2 Å². The number of hydrogen-bond donors (Lipinski definition) is 2. The molecule has 0 aliphatic heterocycles. The van der Waals surface area contributed by atoms with Gasteiger partial charge in [-0.25, -0.2) is 0 Å². The van der Waals surface area contributed by atoms with Gasteiger partial charge in [0.25, 0.3) is 5.91 Å². The molecule has 20 heavy (non-hydrogen) atoms. The van der Waals surface area contributed by atoms with Crippen LogP contribution in [0.15, 0.2) is 16.6 Å². The Labute approximate surface area is 127 Å². The number of hydrogen-bond acceptors (Lipinski definition) is 4. The summed E-state index contributed by atoms with van der Waals surface area (Å²) >= 11 is 3.47. The lowest BCUT2D eigenvalue weighted by Crippen LogP contribution is -2.25. The van der Waals surface area contributed by atoms with Crippen LogP contribution in [0.4, 0.5) is 0 Å². The van der Waals surface area contributed by atoms with Crippen LogP contribution < -0.4 is 20.1 Å². The largest absolute Gasteiger partial charge is 0.493 e. The second kappa shape index (κ2) is 6.95. The maximum absolute atomic E-state index is 11.2. The average Bonchev–Trinajstić information content (AvgIpc) is 3.27. The standard InChI is InChI=1S/C14H19BrN2O3/c1-16-13(18)8-20-14-11(15)5-9(6-12(14)19-2)7-17-10-3-4-10/h5-6,10,17H,3-4,7-8H2,1-2H3,(H,16,18). The molecule has 0 atom stereocenters. The Balaban J connectivity index is 2.07. The summed E-state index contributed by atoms with van der Waals surface area (Å²) in [7, 11) is 3.16. The van der Waals surface area contributed by atoms with E-state index in [0.29, 0.717) is 17.5 Å². The van der Waals surface area contributed by atoms with Crippen LogP contribution in [-0.4, -0.2) is 32.7 Å². The smallest absolute Gasteiger partial charge is 0.257 e. The normalized spacial score (nSPS) is 13.9. The lowest BCUT2D eigenvalue weighted by Gasteiger charge is -2.14. The second-order valence-corrected chi connectivity index (χ2v) is 5.58. The van der Waals surface area contributed by atoms with Crippen molar-refractivity contribution in [2.75, 3.05) is 20.8 Å². The van der Waals surface area contributed by atoms with Crippen LogP contribution >= 0.6 is 15.9 Å². The highest BCUT2D eigenvalue weighted by Crippen LogP contribution is 2.36. The summed E-state index contributed by atoms with van der Waals surface area (Å²) in [6.07, 6.45) is 2.51. The SMILES string of the molecule is CNC(=O)COc1c(Br)cc(CNC2CC2)cc1OC. The molecule has 1 fully saturated rings. The van der Waals surface area contributed by atoms with Gasteiger partial charge < -0.3 is 20.1 Å². The molecule has 0 heterocycles. The highest BCUT2D eigenvalue weighted by molar-refractivity contribution is 9.10. The van der Waals surface area contributed by atoms with Gasteiger partial charge in [0.2, 0.25) is 0 Å². The second-order valence-electron chi connectivity index (χ2n) is 4.73. The van der Waals surface area contributed by atoms with Crippen LogP contribution in [0.25, 0.3) is 0 Å². The number of carbonyl (C=O) groups excluding carboxylic acids is 1. The van der Waals surface area contributed by atoms with Gasteiger partial charge in [-0.2, -0.15) is 0 Å². The third kappa shape index (κ3) is 4.11. The number of nitrogens with one attached hydrogen (secondary N) is 2. The summed E-state index contributed by atoms with van der Waals surface area (Å²) < 4.78 is 11.6. The van der Waals surface area contributed by atoms with E-state index in [1.807, 2.05) is 12.1 Å². The Morgan fingerprint density at radius 1 is 1.45 bits per heavy atom. The van der Waals surface area contributed by atoms with Crippen molar-refractivity contribution in [1.29, 1.82) is 0 Å².